The van der Waals surface area contributed by atoms with E-state index in [2.05, 4.69) is 123 Å². The highest BCUT2D eigenvalue weighted by atomic mass is 16.3. The van der Waals surface area contributed by atoms with Crippen molar-refractivity contribution in [3.8, 4) is 39.9 Å². The maximum atomic E-state index is 6.25. The zero-order valence-corrected chi connectivity index (χ0v) is 32.0. The minimum atomic E-state index is 0.121. The number of aromatic nitrogens is 4. The Labute approximate surface area is 325 Å². The second-order valence-electron chi connectivity index (χ2n) is 16.8. The second kappa shape index (κ2) is 12.0. The van der Waals surface area contributed by atoms with Crippen molar-refractivity contribution in [3.63, 3.8) is 0 Å². The highest BCUT2D eigenvalue weighted by molar-refractivity contribution is 6.10. The molecule has 0 unspecified atom stereocenters. The molecular weight excluding hydrogens is 685 g/mol. The van der Waals surface area contributed by atoms with E-state index in [9.17, 15) is 0 Å². The lowest BCUT2D eigenvalue weighted by Crippen LogP contribution is -2.33. The summed E-state index contributed by atoms with van der Waals surface area (Å²) < 4.78 is 8.70. The van der Waals surface area contributed by atoms with Crippen LogP contribution in [0, 0.1) is 0 Å². The van der Waals surface area contributed by atoms with E-state index in [4.69, 9.17) is 19.4 Å². The number of benzene rings is 7. The van der Waals surface area contributed by atoms with Gasteiger partial charge in [0.05, 0.1) is 11.0 Å². The van der Waals surface area contributed by atoms with Gasteiger partial charge >= 0.3 is 0 Å². The van der Waals surface area contributed by atoms with Crippen LogP contribution < -0.4 is 0 Å². The summed E-state index contributed by atoms with van der Waals surface area (Å²) in [6, 6.07) is 51.6. The summed E-state index contributed by atoms with van der Waals surface area (Å²) in [7, 11) is 0. The third kappa shape index (κ3) is 5.11. The van der Waals surface area contributed by atoms with Crippen LogP contribution in [-0.2, 0) is 10.8 Å². The van der Waals surface area contributed by atoms with E-state index < -0.39 is 0 Å². The average molecular weight is 725 g/mol. The van der Waals surface area contributed by atoms with Crippen LogP contribution in [0.15, 0.2) is 150 Å². The summed E-state index contributed by atoms with van der Waals surface area (Å²) in [4.78, 5) is 15.1. The lowest BCUT2D eigenvalue weighted by Gasteiger charge is -2.42. The molecule has 3 aromatic heterocycles. The smallest absolute Gasteiger partial charge is 0.164 e. The lowest BCUT2D eigenvalue weighted by atomic mass is 9.63. The Hall–Kier alpha value is -6.59. The van der Waals surface area contributed by atoms with Crippen LogP contribution in [-0.4, -0.2) is 19.5 Å². The Kier molecular flexibility index (Phi) is 7.00. The molecule has 1 aliphatic carbocycles. The number of furan rings is 1. The number of rotatable bonds is 4. The summed E-state index contributed by atoms with van der Waals surface area (Å²) in [6.45, 7) is 9.63. The first kappa shape index (κ1) is 32.8. The molecule has 0 fully saturated rings. The van der Waals surface area contributed by atoms with Gasteiger partial charge in [0, 0.05) is 43.9 Å². The quantitative estimate of drug-likeness (QED) is 0.181. The first-order valence-electron chi connectivity index (χ1n) is 19.6. The van der Waals surface area contributed by atoms with Crippen molar-refractivity contribution in [2.75, 3.05) is 0 Å². The van der Waals surface area contributed by atoms with Gasteiger partial charge in [0.25, 0.3) is 0 Å². The average Bonchev–Trinajstić information content (AvgIpc) is 3.77. The van der Waals surface area contributed by atoms with Crippen molar-refractivity contribution in [2.24, 2.45) is 0 Å². The normalized spacial score (nSPS) is 14.9. The van der Waals surface area contributed by atoms with Crippen LogP contribution in [0.5, 0.6) is 0 Å². The summed E-state index contributed by atoms with van der Waals surface area (Å²) >= 11 is 0. The topological polar surface area (TPSA) is 56.7 Å². The number of para-hydroxylation sites is 2. The Morgan fingerprint density at radius 3 is 1.82 bits per heavy atom. The first-order chi connectivity index (χ1) is 27.2. The third-order valence-electron chi connectivity index (χ3n) is 12.3. The van der Waals surface area contributed by atoms with Gasteiger partial charge in [-0.3, -0.25) is 0 Å². The Morgan fingerprint density at radius 2 is 1.04 bits per heavy atom. The Bertz CT molecular complexity index is 3200. The molecule has 1 aliphatic rings. The SMILES string of the molecule is CC1(C)CCC(C)(C)c2cc3c(cc21)c1ccccc1n3-c1ccc2cc(-c3nc(-c4ccccc4)nc(-c4ccc5c(c4)oc4ccccc45)n3)ccc2c1. The number of fused-ring (bicyclic) bond motifs is 8. The number of hydrogen-bond donors (Lipinski definition) is 0. The molecule has 5 heteroatoms. The third-order valence-corrected chi connectivity index (χ3v) is 12.3. The van der Waals surface area contributed by atoms with Gasteiger partial charge < -0.3 is 8.98 Å². The Morgan fingerprint density at radius 1 is 0.446 bits per heavy atom. The fourth-order valence-electron chi connectivity index (χ4n) is 9.03. The van der Waals surface area contributed by atoms with Gasteiger partial charge in [0.15, 0.2) is 17.5 Å². The molecule has 0 spiro atoms. The lowest BCUT2D eigenvalue weighted by molar-refractivity contribution is 0.332. The zero-order valence-electron chi connectivity index (χ0n) is 32.0. The van der Waals surface area contributed by atoms with E-state index in [1.54, 1.807) is 0 Å². The fourth-order valence-corrected chi connectivity index (χ4v) is 9.03. The molecule has 7 aromatic carbocycles. The Balaban J connectivity index is 1.04. The van der Waals surface area contributed by atoms with E-state index in [0.29, 0.717) is 17.5 Å². The van der Waals surface area contributed by atoms with Gasteiger partial charge in [-0.2, -0.15) is 0 Å². The molecule has 0 atom stereocenters. The van der Waals surface area contributed by atoms with Gasteiger partial charge in [0.2, 0.25) is 0 Å². The molecule has 0 aliphatic heterocycles. The molecule has 0 bridgehead atoms. The van der Waals surface area contributed by atoms with E-state index in [1.165, 1.54) is 45.8 Å². The van der Waals surface area contributed by atoms with Crippen LogP contribution in [0.25, 0.3) is 94.4 Å². The van der Waals surface area contributed by atoms with Crippen molar-refractivity contribution < 1.29 is 4.42 Å². The van der Waals surface area contributed by atoms with E-state index >= 15 is 0 Å². The van der Waals surface area contributed by atoms with E-state index in [-0.39, 0.29) is 10.8 Å². The molecule has 0 N–H and O–H groups in total. The van der Waals surface area contributed by atoms with Crippen molar-refractivity contribution in [1.29, 1.82) is 0 Å². The minimum absolute atomic E-state index is 0.121. The first-order valence-corrected chi connectivity index (χ1v) is 19.6. The molecular formula is C51H40N4O. The molecule has 10 aromatic rings. The van der Waals surface area contributed by atoms with E-state index in [0.717, 1.165) is 55.1 Å². The van der Waals surface area contributed by atoms with Gasteiger partial charge in [-0.05, 0) is 100 Å². The predicted octanol–water partition coefficient (Wildman–Crippen LogP) is 13.4. The van der Waals surface area contributed by atoms with Crippen LogP contribution in [0.4, 0.5) is 0 Å². The summed E-state index contributed by atoms with van der Waals surface area (Å²) in [6.07, 6.45) is 2.38. The van der Waals surface area contributed by atoms with Crippen LogP contribution in [0.1, 0.15) is 51.7 Å². The summed E-state index contributed by atoms with van der Waals surface area (Å²) in [5.74, 6) is 1.86. The van der Waals surface area contributed by atoms with Crippen molar-refractivity contribution in [3.05, 3.63) is 157 Å². The molecule has 0 amide bonds. The van der Waals surface area contributed by atoms with Gasteiger partial charge in [-0.25, -0.2) is 15.0 Å². The second-order valence-corrected chi connectivity index (χ2v) is 16.8. The van der Waals surface area contributed by atoms with Crippen molar-refractivity contribution in [2.45, 2.75) is 51.4 Å². The van der Waals surface area contributed by atoms with Crippen LogP contribution >= 0.6 is 0 Å². The van der Waals surface area contributed by atoms with Crippen LogP contribution in [0.3, 0.4) is 0 Å². The predicted molar refractivity (Wildman–Crippen MR) is 231 cm³/mol. The molecule has 0 saturated carbocycles. The molecule has 270 valence electrons. The zero-order chi connectivity index (χ0) is 37.8. The standard InChI is InChI=1S/C51H40N4O/c1-50(2)24-25-51(3,4)42-30-44-40(29-41(42)50)37-14-8-10-16-43(37)55(44)36-22-20-32-26-34(19-18-33(32)27-36)48-52-47(31-12-6-5-7-13-31)53-49(54-48)35-21-23-39-38-15-9-11-17-45(38)56-46(39)28-35/h5-23,26-30H,24-25H2,1-4H3. The summed E-state index contributed by atoms with van der Waals surface area (Å²) in [5, 5.41) is 7.06. The molecule has 3 heterocycles. The molecule has 5 nitrogen and oxygen atoms in total. The maximum Gasteiger partial charge on any atom is 0.164 e. The highest BCUT2D eigenvalue weighted by Gasteiger charge is 2.38. The van der Waals surface area contributed by atoms with E-state index in [1.807, 2.05) is 54.6 Å². The largest absolute Gasteiger partial charge is 0.456 e. The number of nitrogens with zero attached hydrogens (tertiary/aromatic N) is 4. The number of hydrogen-bond acceptors (Lipinski definition) is 4. The highest BCUT2D eigenvalue weighted by Crippen LogP contribution is 2.48. The van der Waals surface area contributed by atoms with Crippen molar-refractivity contribution >= 4 is 54.5 Å². The van der Waals surface area contributed by atoms with Gasteiger partial charge in [0.1, 0.15) is 11.2 Å². The monoisotopic (exact) mass is 724 g/mol. The summed E-state index contributed by atoms with van der Waals surface area (Å²) in [5.41, 5.74) is 11.3. The van der Waals surface area contributed by atoms with Gasteiger partial charge in [-0.1, -0.05) is 119 Å². The fraction of sp³-hybridized carbons (Fsp3) is 0.157. The maximum absolute atomic E-state index is 6.25. The van der Waals surface area contributed by atoms with Gasteiger partial charge in [-0.15, -0.1) is 0 Å². The molecule has 0 saturated heterocycles. The van der Waals surface area contributed by atoms with Crippen LogP contribution in [0.2, 0.25) is 0 Å². The molecule has 56 heavy (non-hydrogen) atoms. The minimum Gasteiger partial charge on any atom is -0.456 e. The van der Waals surface area contributed by atoms with Crippen molar-refractivity contribution in [1.82, 2.24) is 19.5 Å². The molecule has 11 rings (SSSR count). The molecule has 0 radical (unpaired) electrons.